The maximum absolute atomic E-state index is 12.8. The fourth-order valence-electron chi connectivity index (χ4n) is 4.92. The first-order valence-corrected chi connectivity index (χ1v) is 9.15. The van der Waals surface area contributed by atoms with Gasteiger partial charge in [-0.2, -0.15) is 0 Å². The Hall–Kier alpha value is -1.81. The lowest BCUT2D eigenvalue weighted by molar-refractivity contribution is -0.130. The largest absolute Gasteiger partial charge is 0.464 e. The molecule has 3 fully saturated rings. The molecule has 0 radical (unpaired) electrons. The third-order valence-electron chi connectivity index (χ3n) is 6.27. The first-order valence-electron chi connectivity index (χ1n) is 9.15. The van der Waals surface area contributed by atoms with Crippen LogP contribution < -0.4 is 0 Å². The monoisotopic (exact) mass is 325 g/mol. The number of nitrogens with zero attached hydrogens (tertiary/aromatic N) is 1. The fourth-order valence-corrected chi connectivity index (χ4v) is 4.92. The zero-order chi connectivity index (χ0) is 16.3. The van der Waals surface area contributed by atoms with E-state index in [0.29, 0.717) is 30.5 Å². The first kappa shape index (κ1) is 14.5. The maximum atomic E-state index is 12.8. The van der Waals surface area contributed by atoms with E-state index in [-0.39, 0.29) is 5.91 Å². The highest BCUT2D eigenvalue weighted by Gasteiger charge is 2.53. The van der Waals surface area contributed by atoms with Crippen molar-refractivity contribution in [1.29, 1.82) is 0 Å². The Bertz CT molecular complexity index is 777. The molecule has 4 heterocycles. The number of carbonyl (C=O) groups is 1. The van der Waals surface area contributed by atoms with E-state index >= 15 is 0 Å². The molecule has 4 nitrogen and oxygen atoms in total. The van der Waals surface area contributed by atoms with Crippen LogP contribution in [0.3, 0.4) is 0 Å². The number of likely N-dealkylation sites (tertiary alicyclic amines) is 1. The quantitative estimate of drug-likeness (QED) is 0.870. The molecule has 3 saturated heterocycles. The molecule has 2 bridgehead atoms. The topological polar surface area (TPSA) is 42.7 Å². The molecule has 1 amide bonds. The van der Waals surface area contributed by atoms with E-state index in [0.717, 1.165) is 36.0 Å². The van der Waals surface area contributed by atoms with Gasteiger partial charge in [0.05, 0.1) is 24.9 Å². The molecule has 4 heteroatoms. The van der Waals surface area contributed by atoms with Crippen LogP contribution in [0.1, 0.15) is 30.9 Å². The summed E-state index contributed by atoms with van der Waals surface area (Å²) in [6.45, 7) is 3.90. The Labute approximate surface area is 141 Å². The number of aryl methyl sites for hydroxylation is 1. The highest BCUT2D eigenvalue weighted by Crippen LogP contribution is 2.47. The number of amides is 1. The van der Waals surface area contributed by atoms with Crippen LogP contribution in [0, 0.1) is 11.8 Å². The average Bonchev–Trinajstić information content (AvgIpc) is 3.35. The van der Waals surface area contributed by atoms with Crippen molar-refractivity contribution in [2.24, 2.45) is 11.8 Å². The van der Waals surface area contributed by atoms with Gasteiger partial charge in [-0.15, -0.1) is 0 Å². The van der Waals surface area contributed by atoms with Gasteiger partial charge in [-0.1, -0.05) is 13.0 Å². The number of benzene rings is 1. The average molecular weight is 325 g/mol. The van der Waals surface area contributed by atoms with E-state index in [2.05, 4.69) is 24.0 Å². The molecule has 3 aliphatic heterocycles. The molecule has 0 unspecified atom stereocenters. The van der Waals surface area contributed by atoms with Crippen LogP contribution in [0.25, 0.3) is 11.0 Å². The third-order valence-corrected chi connectivity index (χ3v) is 6.27. The van der Waals surface area contributed by atoms with Crippen LogP contribution in [-0.2, 0) is 22.4 Å². The molecule has 24 heavy (non-hydrogen) atoms. The minimum Gasteiger partial charge on any atom is -0.464 e. The van der Waals surface area contributed by atoms with Crippen molar-refractivity contribution in [3.63, 3.8) is 0 Å². The van der Waals surface area contributed by atoms with Gasteiger partial charge >= 0.3 is 0 Å². The Morgan fingerprint density at radius 1 is 1.21 bits per heavy atom. The molecule has 0 aliphatic carbocycles. The van der Waals surface area contributed by atoms with Crippen LogP contribution in [-0.4, -0.2) is 36.1 Å². The predicted octanol–water partition coefficient (Wildman–Crippen LogP) is 3.17. The van der Waals surface area contributed by atoms with Gasteiger partial charge < -0.3 is 14.1 Å². The van der Waals surface area contributed by atoms with Crippen molar-refractivity contribution in [2.75, 3.05) is 13.1 Å². The summed E-state index contributed by atoms with van der Waals surface area (Å²) in [5, 5.41) is 1.09. The minimum atomic E-state index is 0.230. The Balaban J connectivity index is 1.34. The number of furan rings is 1. The summed E-state index contributed by atoms with van der Waals surface area (Å²) in [5.74, 6) is 1.37. The van der Waals surface area contributed by atoms with E-state index in [4.69, 9.17) is 9.15 Å². The van der Waals surface area contributed by atoms with Gasteiger partial charge in [0.25, 0.3) is 0 Å². The summed E-state index contributed by atoms with van der Waals surface area (Å²) in [4.78, 5) is 14.9. The molecule has 1 aromatic carbocycles. The number of carbonyl (C=O) groups excluding carboxylic acids is 1. The van der Waals surface area contributed by atoms with Crippen molar-refractivity contribution in [3.05, 3.63) is 35.6 Å². The highest BCUT2D eigenvalue weighted by molar-refractivity contribution is 5.88. The Kier molecular flexibility index (Phi) is 3.24. The minimum absolute atomic E-state index is 0.230. The van der Waals surface area contributed by atoms with Crippen molar-refractivity contribution < 1.29 is 13.9 Å². The van der Waals surface area contributed by atoms with Crippen molar-refractivity contribution in [2.45, 2.75) is 44.8 Å². The second kappa shape index (κ2) is 5.35. The van der Waals surface area contributed by atoms with Gasteiger partial charge in [0, 0.05) is 35.9 Å². The zero-order valence-electron chi connectivity index (χ0n) is 14.0. The third kappa shape index (κ3) is 2.12. The second-order valence-electron chi connectivity index (χ2n) is 7.54. The molecule has 0 N–H and O–H groups in total. The van der Waals surface area contributed by atoms with Crippen molar-refractivity contribution in [1.82, 2.24) is 4.90 Å². The van der Waals surface area contributed by atoms with Gasteiger partial charge in [-0.05, 0) is 37.0 Å². The van der Waals surface area contributed by atoms with Crippen LogP contribution in [0.5, 0.6) is 0 Å². The number of hydrogen-bond donors (Lipinski definition) is 0. The van der Waals surface area contributed by atoms with Crippen LogP contribution in [0.4, 0.5) is 0 Å². The van der Waals surface area contributed by atoms with Crippen molar-refractivity contribution >= 4 is 16.9 Å². The van der Waals surface area contributed by atoms with E-state index in [1.165, 1.54) is 18.4 Å². The molecule has 5 rings (SSSR count). The fraction of sp³-hybridized carbons (Fsp3) is 0.550. The molecule has 126 valence electrons. The lowest BCUT2D eigenvalue weighted by atomic mass is 9.82. The molecule has 2 aromatic rings. The zero-order valence-corrected chi connectivity index (χ0v) is 14.0. The standard InChI is InChI=1S/C20H23NO3/c1-2-12-3-4-17-14(7-12)13(11-23-17)8-20(22)21-9-15-16(10-21)19-6-5-18(15)24-19/h3-4,7,11,15-16,18-19H,2,5-6,8-10H2,1H3/t15-,16+,18+,19-. The van der Waals surface area contributed by atoms with Gasteiger partial charge in [0.2, 0.25) is 5.91 Å². The van der Waals surface area contributed by atoms with Gasteiger partial charge in [-0.3, -0.25) is 4.79 Å². The summed E-state index contributed by atoms with van der Waals surface area (Å²) >= 11 is 0. The van der Waals surface area contributed by atoms with Crippen LogP contribution in [0.2, 0.25) is 0 Å². The van der Waals surface area contributed by atoms with Gasteiger partial charge in [-0.25, -0.2) is 0 Å². The van der Waals surface area contributed by atoms with E-state index in [1.807, 2.05) is 6.07 Å². The Morgan fingerprint density at radius 3 is 2.67 bits per heavy atom. The van der Waals surface area contributed by atoms with Gasteiger partial charge in [0.15, 0.2) is 0 Å². The molecule has 4 atom stereocenters. The molecular formula is C20H23NO3. The molecular weight excluding hydrogens is 302 g/mol. The predicted molar refractivity (Wildman–Crippen MR) is 90.8 cm³/mol. The summed E-state index contributed by atoms with van der Waals surface area (Å²) in [7, 11) is 0. The van der Waals surface area contributed by atoms with Gasteiger partial charge in [0.1, 0.15) is 5.58 Å². The molecule has 3 aliphatic rings. The van der Waals surface area contributed by atoms with Crippen LogP contribution in [0.15, 0.2) is 28.9 Å². The molecule has 0 saturated carbocycles. The second-order valence-corrected chi connectivity index (χ2v) is 7.54. The van der Waals surface area contributed by atoms with E-state index in [9.17, 15) is 4.79 Å². The number of rotatable bonds is 3. The van der Waals surface area contributed by atoms with Crippen LogP contribution >= 0.6 is 0 Å². The highest BCUT2D eigenvalue weighted by atomic mass is 16.5. The lowest BCUT2D eigenvalue weighted by Gasteiger charge is -2.18. The molecule has 0 spiro atoms. The van der Waals surface area contributed by atoms with E-state index < -0.39 is 0 Å². The maximum Gasteiger partial charge on any atom is 0.227 e. The summed E-state index contributed by atoms with van der Waals surface area (Å²) in [6, 6.07) is 6.26. The number of ether oxygens (including phenoxy) is 1. The SMILES string of the molecule is CCc1ccc2occ(CC(=O)N3C[C@@H]4[C@H](C3)[C@H]3CC[C@@H]4O3)c2c1. The summed E-state index contributed by atoms with van der Waals surface area (Å²) in [5.41, 5.74) is 3.17. The normalized spacial score (nSPS) is 31.1. The van der Waals surface area contributed by atoms with E-state index in [1.54, 1.807) is 6.26 Å². The molecule has 1 aromatic heterocycles. The summed E-state index contributed by atoms with van der Waals surface area (Å²) in [6.07, 6.45) is 6.35. The smallest absolute Gasteiger partial charge is 0.227 e. The number of hydrogen-bond acceptors (Lipinski definition) is 3. The lowest BCUT2D eigenvalue weighted by Crippen LogP contribution is -2.32. The number of fused-ring (bicyclic) bond motifs is 6. The van der Waals surface area contributed by atoms with Crippen molar-refractivity contribution in [3.8, 4) is 0 Å². The Morgan fingerprint density at radius 2 is 1.96 bits per heavy atom. The summed E-state index contributed by atoms with van der Waals surface area (Å²) < 4.78 is 11.6. The first-order chi connectivity index (χ1) is 11.7.